The molecule has 0 saturated carbocycles. The summed E-state index contributed by atoms with van der Waals surface area (Å²) in [4.78, 5) is 24.1. The predicted octanol–water partition coefficient (Wildman–Crippen LogP) is 3.49. The first kappa shape index (κ1) is 18.5. The van der Waals surface area contributed by atoms with Crippen LogP contribution in [0, 0.1) is 6.92 Å². The Morgan fingerprint density at radius 2 is 1.60 bits per heavy atom. The quantitative estimate of drug-likeness (QED) is 0.846. The van der Waals surface area contributed by atoms with E-state index in [9.17, 15) is 9.59 Å². The molecule has 2 amide bonds. The minimum absolute atomic E-state index is 0.140. The molecule has 2 N–H and O–H groups in total. The van der Waals surface area contributed by atoms with Gasteiger partial charge in [0.05, 0.1) is 6.04 Å². The smallest absolute Gasteiger partial charge is 0.408 e. The molecule has 0 fully saturated rings. The van der Waals surface area contributed by atoms with Crippen LogP contribution >= 0.6 is 0 Å². The molecule has 0 aliphatic heterocycles. The molecule has 2 unspecified atom stereocenters. The van der Waals surface area contributed by atoms with Gasteiger partial charge >= 0.3 is 6.09 Å². The minimum Gasteiger partial charge on any atom is -0.445 e. The first-order valence-corrected chi connectivity index (χ1v) is 8.30. The summed E-state index contributed by atoms with van der Waals surface area (Å²) in [6.07, 6.45) is -0.616. The lowest BCUT2D eigenvalue weighted by Crippen LogP contribution is -2.45. The summed E-state index contributed by atoms with van der Waals surface area (Å²) < 4.78 is 5.13. The van der Waals surface area contributed by atoms with Crippen molar-refractivity contribution in [2.75, 3.05) is 0 Å². The molecular weight excluding hydrogens is 316 g/mol. The highest BCUT2D eigenvalue weighted by Gasteiger charge is 2.19. The summed E-state index contributed by atoms with van der Waals surface area (Å²) in [5.41, 5.74) is 3.05. The van der Waals surface area contributed by atoms with Gasteiger partial charge < -0.3 is 15.4 Å². The average Bonchev–Trinajstić information content (AvgIpc) is 2.61. The number of hydrogen-bond donors (Lipinski definition) is 2. The van der Waals surface area contributed by atoms with E-state index in [1.54, 1.807) is 6.92 Å². The van der Waals surface area contributed by atoms with Gasteiger partial charge in [0.1, 0.15) is 12.6 Å². The Bertz CT molecular complexity index is 716. The van der Waals surface area contributed by atoms with Crippen molar-refractivity contribution in [3.8, 4) is 0 Å². The molecule has 5 heteroatoms. The van der Waals surface area contributed by atoms with Crippen LogP contribution in [0.3, 0.4) is 0 Å². The highest BCUT2D eigenvalue weighted by atomic mass is 16.5. The second-order valence-corrected chi connectivity index (χ2v) is 6.01. The number of hydrogen-bond acceptors (Lipinski definition) is 3. The molecule has 0 heterocycles. The van der Waals surface area contributed by atoms with Crippen molar-refractivity contribution < 1.29 is 14.3 Å². The zero-order chi connectivity index (χ0) is 18.2. The van der Waals surface area contributed by atoms with E-state index >= 15 is 0 Å². The largest absolute Gasteiger partial charge is 0.445 e. The van der Waals surface area contributed by atoms with Crippen molar-refractivity contribution in [3.63, 3.8) is 0 Å². The van der Waals surface area contributed by atoms with Gasteiger partial charge in [0.25, 0.3) is 0 Å². The summed E-state index contributed by atoms with van der Waals surface area (Å²) in [5.74, 6) is -0.257. The van der Waals surface area contributed by atoms with E-state index in [1.165, 1.54) is 0 Å². The minimum atomic E-state index is -0.685. The maximum Gasteiger partial charge on any atom is 0.408 e. The number of nitrogens with one attached hydrogen (secondary N) is 2. The molecule has 2 aromatic carbocycles. The van der Waals surface area contributed by atoms with Crippen LogP contribution in [0.1, 0.15) is 36.6 Å². The van der Waals surface area contributed by atoms with Crippen LogP contribution in [0.25, 0.3) is 0 Å². The summed E-state index contributed by atoms with van der Waals surface area (Å²) in [7, 11) is 0. The summed E-state index contributed by atoms with van der Waals surface area (Å²) >= 11 is 0. The Balaban J connectivity index is 1.81. The molecule has 2 rings (SSSR count). The van der Waals surface area contributed by atoms with Crippen LogP contribution in [0.5, 0.6) is 0 Å². The first-order valence-electron chi connectivity index (χ1n) is 8.30. The molecule has 0 radical (unpaired) electrons. The van der Waals surface area contributed by atoms with E-state index in [1.807, 2.05) is 68.4 Å². The van der Waals surface area contributed by atoms with E-state index in [-0.39, 0.29) is 18.6 Å². The Morgan fingerprint density at radius 3 is 2.28 bits per heavy atom. The standard InChI is InChI=1S/C20H24N2O3/c1-14-9-7-8-12-18(14)15(2)21-19(23)16(3)22-20(24)25-13-17-10-5-4-6-11-17/h4-12,15-16H,13H2,1-3H3,(H,21,23)(H,22,24). The number of carbonyl (C=O) groups is 2. The number of aryl methyl sites for hydroxylation is 1. The third-order valence-corrected chi connectivity index (χ3v) is 3.95. The Hall–Kier alpha value is -2.82. The van der Waals surface area contributed by atoms with Crippen LogP contribution < -0.4 is 10.6 Å². The van der Waals surface area contributed by atoms with Gasteiger partial charge in [-0.3, -0.25) is 4.79 Å². The molecule has 5 nitrogen and oxygen atoms in total. The van der Waals surface area contributed by atoms with Gasteiger partial charge in [-0.1, -0.05) is 54.6 Å². The Morgan fingerprint density at radius 1 is 0.960 bits per heavy atom. The molecule has 2 atom stereocenters. The number of rotatable bonds is 6. The molecule has 0 spiro atoms. The number of alkyl carbamates (subject to hydrolysis) is 1. The lowest BCUT2D eigenvalue weighted by atomic mass is 10.0. The van der Waals surface area contributed by atoms with Crippen LogP contribution in [-0.2, 0) is 16.1 Å². The van der Waals surface area contributed by atoms with Crippen LogP contribution in [0.4, 0.5) is 4.79 Å². The maximum atomic E-state index is 12.3. The van der Waals surface area contributed by atoms with Crippen molar-refractivity contribution in [2.24, 2.45) is 0 Å². The molecule has 25 heavy (non-hydrogen) atoms. The molecule has 0 aliphatic rings. The number of carbonyl (C=O) groups excluding carboxylic acids is 2. The third kappa shape index (κ3) is 5.64. The summed E-state index contributed by atoms with van der Waals surface area (Å²) in [5, 5.41) is 5.45. The fourth-order valence-corrected chi connectivity index (χ4v) is 2.50. The number of benzene rings is 2. The molecule has 0 aromatic heterocycles. The third-order valence-electron chi connectivity index (χ3n) is 3.95. The van der Waals surface area contributed by atoms with Crippen molar-refractivity contribution in [1.29, 1.82) is 0 Å². The van der Waals surface area contributed by atoms with E-state index in [0.29, 0.717) is 0 Å². The zero-order valence-electron chi connectivity index (χ0n) is 14.8. The van der Waals surface area contributed by atoms with Gasteiger partial charge in [0.15, 0.2) is 0 Å². The molecular formula is C20H24N2O3. The second-order valence-electron chi connectivity index (χ2n) is 6.01. The van der Waals surface area contributed by atoms with Gasteiger partial charge in [-0.05, 0) is 37.5 Å². The van der Waals surface area contributed by atoms with Gasteiger partial charge in [0, 0.05) is 0 Å². The van der Waals surface area contributed by atoms with Crippen molar-refractivity contribution in [2.45, 2.75) is 39.5 Å². The number of amides is 2. The highest BCUT2D eigenvalue weighted by Crippen LogP contribution is 2.16. The monoisotopic (exact) mass is 340 g/mol. The van der Waals surface area contributed by atoms with Crippen LogP contribution in [0.15, 0.2) is 54.6 Å². The van der Waals surface area contributed by atoms with E-state index in [2.05, 4.69) is 10.6 Å². The highest BCUT2D eigenvalue weighted by molar-refractivity contribution is 5.85. The van der Waals surface area contributed by atoms with Gasteiger partial charge in [-0.25, -0.2) is 4.79 Å². The second kappa shape index (κ2) is 8.87. The summed E-state index contributed by atoms with van der Waals surface area (Å²) in [6, 6.07) is 16.4. The fourth-order valence-electron chi connectivity index (χ4n) is 2.50. The maximum absolute atomic E-state index is 12.3. The van der Waals surface area contributed by atoms with Crippen molar-refractivity contribution in [1.82, 2.24) is 10.6 Å². The topological polar surface area (TPSA) is 67.4 Å². The average molecular weight is 340 g/mol. The van der Waals surface area contributed by atoms with E-state index < -0.39 is 12.1 Å². The van der Waals surface area contributed by atoms with Gasteiger partial charge in [-0.15, -0.1) is 0 Å². The van der Waals surface area contributed by atoms with Crippen LogP contribution in [0.2, 0.25) is 0 Å². The Kier molecular flexibility index (Phi) is 6.57. The van der Waals surface area contributed by atoms with Gasteiger partial charge in [0.2, 0.25) is 5.91 Å². The lowest BCUT2D eigenvalue weighted by Gasteiger charge is -2.20. The SMILES string of the molecule is Cc1ccccc1C(C)NC(=O)C(C)NC(=O)OCc1ccccc1. The Labute approximate surface area is 148 Å². The zero-order valence-corrected chi connectivity index (χ0v) is 14.8. The lowest BCUT2D eigenvalue weighted by molar-refractivity contribution is -0.123. The predicted molar refractivity (Wildman–Crippen MR) is 97.0 cm³/mol. The normalized spacial score (nSPS) is 12.8. The summed E-state index contributed by atoms with van der Waals surface area (Å²) in [6.45, 7) is 5.71. The number of ether oxygens (including phenoxy) is 1. The molecule has 2 aromatic rings. The molecule has 0 bridgehead atoms. The van der Waals surface area contributed by atoms with Crippen molar-refractivity contribution in [3.05, 3.63) is 71.3 Å². The van der Waals surface area contributed by atoms with Crippen molar-refractivity contribution >= 4 is 12.0 Å². The van der Waals surface area contributed by atoms with Gasteiger partial charge in [-0.2, -0.15) is 0 Å². The van der Waals surface area contributed by atoms with E-state index in [4.69, 9.17) is 4.74 Å². The van der Waals surface area contributed by atoms with Crippen LogP contribution in [-0.4, -0.2) is 18.0 Å². The van der Waals surface area contributed by atoms with E-state index in [0.717, 1.165) is 16.7 Å². The fraction of sp³-hybridized carbons (Fsp3) is 0.300. The molecule has 132 valence electrons. The molecule has 0 aliphatic carbocycles. The molecule has 0 saturated heterocycles. The first-order chi connectivity index (χ1) is 12.0.